The van der Waals surface area contributed by atoms with Crippen LogP contribution in [0.4, 0.5) is 0 Å². The second-order valence-corrected chi connectivity index (χ2v) is 8.71. The normalized spacial score (nSPS) is 17.6. The smallest absolute Gasteiger partial charge is 0.243 e. The lowest BCUT2D eigenvalue weighted by Gasteiger charge is -2.36. The molecule has 0 saturated carbocycles. The molecule has 1 unspecified atom stereocenters. The van der Waals surface area contributed by atoms with Crippen molar-refractivity contribution in [2.45, 2.75) is 17.9 Å². The molecule has 136 valence electrons. The van der Waals surface area contributed by atoms with Crippen LogP contribution in [0.15, 0.2) is 53.4 Å². The predicted molar refractivity (Wildman–Crippen MR) is 101 cm³/mol. The highest BCUT2D eigenvalue weighted by atomic mass is 35.5. The SMILES string of the molecule is Cc1ccc(S(=O)(=O)N2CCN(C(C#N)c3cccc(Cl)c3)CC2)cc1. The molecule has 0 spiro atoms. The maximum Gasteiger partial charge on any atom is 0.243 e. The van der Waals surface area contributed by atoms with Crippen LogP contribution in [0.2, 0.25) is 5.02 Å². The lowest BCUT2D eigenvalue weighted by Crippen LogP contribution is -2.49. The molecule has 3 rings (SSSR count). The fourth-order valence-electron chi connectivity index (χ4n) is 3.11. The first-order chi connectivity index (χ1) is 12.4. The highest BCUT2D eigenvalue weighted by Crippen LogP contribution is 2.26. The van der Waals surface area contributed by atoms with E-state index in [1.165, 1.54) is 4.31 Å². The molecule has 1 heterocycles. The Morgan fingerprint density at radius 1 is 1.08 bits per heavy atom. The summed E-state index contributed by atoms with van der Waals surface area (Å²) in [7, 11) is -3.50. The summed E-state index contributed by atoms with van der Waals surface area (Å²) in [6.07, 6.45) is 0. The number of benzene rings is 2. The molecule has 26 heavy (non-hydrogen) atoms. The molecule has 0 bridgehead atoms. The van der Waals surface area contributed by atoms with Gasteiger partial charge in [-0.2, -0.15) is 9.57 Å². The van der Waals surface area contributed by atoms with Crippen LogP contribution in [0.25, 0.3) is 0 Å². The number of nitriles is 1. The number of nitrogens with zero attached hydrogens (tertiary/aromatic N) is 3. The zero-order valence-corrected chi connectivity index (χ0v) is 16.0. The van der Waals surface area contributed by atoms with Gasteiger partial charge in [-0.25, -0.2) is 8.42 Å². The Hall–Kier alpha value is -1.91. The van der Waals surface area contributed by atoms with E-state index < -0.39 is 16.1 Å². The molecule has 5 nitrogen and oxygen atoms in total. The molecule has 0 amide bonds. The number of aryl methyl sites for hydroxylation is 1. The Bertz CT molecular complexity index is 915. The average Bonchev–Trinajstić information content (AvgIpc) is 2.63. The average molecular weight is 390 g/mol. The van der Waals surface area contributed by atoms with Crippen LogP contribution in [0, 0.1) is 18.3 Å². The van der Waals surface area contributed by atoms with E-state index >= 15 is 0 Å². The summed E-state index contributed by atoms with van der Waals surface area (Å²) >= 11 is 6.03. The standard InChI is InChI=1S/C19H20ClN3O2S/c1-15-5-7-18(8-6-15)26(24,25)23-11-9-22(10-12-23)19(14-21)16-3-2-4-17(20)13-16/h2-8,13,19H,9-12H2,1H3. The molecule has 1 saturated heterocycles. The topological polar surface area (TPSA) is 64.4 Å². The summed E-state index contributed by atoms with van der Waals surface area (Å²) in [6, 6.07) is 16.0. The van der Waals surface area contributed by atoms with Gasteiger partial charge in [-0.15, -0.1) is 0 Å². The van der Waals surface area contributed by atoms with Gasteiger partial charge in [-0.3, -0.25) is 4.90 Å². The Kier molecular flexibility index (Phi) is 5.64. The van der Waals surface area contributed by atoms with Crippen LogP contribution in [-0.4, -0.2) is 43.8 Å². The van der Waals surface area contributed by atoms with Crippen molar-refractivity contribution >= 4 is 21.6 Å². The Morgan fingerprint density at radius 3 is 2.31 bits per heavy atom. The van der Waals surface area contributed by atoms with Crippen molar-refractivity contribution in [2.75, 3.05) is 26.2 Å². The number of sulfonamides is 1. The summed E-state index contributed by atoms with van der Waals surface area (Å²) < 4.78 is 27.1. The minimum Gasteiger partial charge on any atom is -0.282 e. The molecule has 7 heteroatoms. The summed E-state index contributed by atoms with van der Waals surface area (Å²) in [5, 5.41) is 10.2. The third kappa shape index (κ3) is 3.92. The Labute approximate surface area is 159 Å². The molecule has 0 aliphatic carbocycles. The first kappa shape index (κ1) is 18.9. The first-order valence-electron chi connectivity index (χ1n) is 8.38. The van der Waals surface area contributed by atoms with Crippen molar-refractivity contribution in [2.24, 2.45) is 0 Å². The van der Waals surface area contributed by atoms with Crippen molar-refractivity contribution in [1.82, 2.24) is 9.21 Å². The molecule has 1 aliphatic heterocycles. The van der Waals surface area contributed by atoms with Gasteiger partial charge in [-0.1, -0.05) is 41.4 Å². The van der Waals surface area contributed by atoms with Crippen molar-refractivity contribution in [3.05, 3.63) is 64.7 Å². The van der Waals surface area contributed by atoms with Crippen LogP contribution in [0.1, 0.15) is 17.2 Å². The Balaban J connectivity index is 1.72. The molecular formula is C19H20ClN3O2S. The summed E-state index contributed by atoms with van der Waals surface area (Å²) in [5.41, 5.74) is 1.85. The number of halogens is 1. The maximum absolute atomic E-state index is 12.8. The molecule has 0 N–H and O–H groups in total. The number of piperazine rings is 1. The van der Waals surface area contributed by atoms with Gasteiger partial charge in [0.2, 0.25) is 10.0 Å². The minimum absolute atomic E-state index is 0.309. The predicted octanol–water partition coefficient (Wildman–Crippen LogP) is 3.22. The zero-order valence-electron chi connectivity index (χ0n) is 14.5. The summed E-state index contributed by atoms with van der Waals surface area (Å²) in [6.45, 7) is 3.63. The molecule has 1 aliphatic rings. The van der Waals surface area contributed by atoms with E-state index in [1.807, 2.05) is 24.0 Å². The van der Waals surface area contributed by atoms with Gasteiger partial charge >= 0.3 is 0 Å². The van der Waals surface area contributed by atoms with Gasteiger partial charge in [0.05, 0.1) is 11.0 Å². The molecule has 1 atom stereocenters. The third-order valence-electron chi connectivity index (χ3n) is 4.58. The lowest BCUT2D eigenvalue weighted by molar-refractivity contribution is 0.162. The van der Waals surface area contributed by atoms with Gasteiger partial charge in [0.15, 0.2) is 0 Å². The Morgan fingerprint density at radius 2 is 1.73 bits per heavy atom. The fraction of sp³-hybridized carbons (Fsp3) is 0.316. The van der Waals surface area contributed by atoms with Gasteiger partial charge in [-0.05, 0) is 36.8 Å². The van der Waals surface area contributed by atoms with Crippen LogP contribution >= 0.6 is 11.6 Å². The second-order valence-electron chi connectivity index (χ2n) is 6.34. The summed E-state index contributed by atoms with van der Waals surface area (Å²) in [5.74, 6) is 0. The lowest BCUT2D eigenvalue weighted by atomic mass is 10.1. The second kappa shape index (κ2) is 7.77. The van der Waals surface area contributed by atoms with Gasteiger partial charge in [0.25, 0.3) is 0 Å². The molecule has 1 fully saturated rings. The van der Waals surface area contributed by atoms with E-state index in [1.54, 1.807) is 36.4 Å². The highest BCUT2D eigenvalue weighted by molar-refractivity contribution is 7.89. The zero-order chi connectivity index (χ0) is 18.7. The first-order valence-corrected chi connectivity index (χ1v) is 10.2. The van der Waals surface area contributed by atoms with Crippen molar-refractivity contribution in [3.8, 4) is 6.07 Å². The van der Waals surface area contributed by atoms with Crippen molar-refractivity contribution in [1.29, 1.82) is 5.26 Å². The van der Waals surface area contributed by atoms with Crippen LogP contribution in [0.3, 0.4) is 0 Å². The quantitative estimate of drug-likeness (QED) is 0.805. The van der Waals surface area contributed by atoms with E-state index in [2.05, 4.69) is 6.07 Å². The van der Waals surface area contributed by atoms with Crippen LogP contribution in [-0.2, 0) is 10.0 Å². The largest absolute Gasteiger partial charge is 0.282 e. The van der Waals surface area contributed by atoms with Crippen molar-refractivity contribution in [3.63, 3.8) is 0 Å². The summed E-state index contributed by atoms with van der Waals surface area (Å²) in [4.78, 5) is 2.30. The van der Waals surface area contributed by atoms with E-state index in [-0.39, 0.29) is 0 Å². The monoisotopic (exact) mass is 389 g/mol. The van der Waals surface area contributed by atoms with Gasteiger partial charge in [0, 0.05) is 31.2 Å². The number of hydrogen-bond acceptors (Lipinski definition) is 4. The number of rotatable bonds is 4. The number of hydrogen-bond donors (Lipinski definition) is 0. The molecule has 0 aromatic heterocycles. The van der Waals surface area contributed by atoms with Crippen LogP contribution in [0.5, 0.6) is 0 Å². The maximum atomic E-state index is 12.8. The fourth-order valence-corrected chi connectivity index (χ4v) is 4.73. The molecular weight excluding hydrogens is 370 g/mol. The third-order valence-corrected chi connectivity index (χ3v) is 6.73. The van der Waals surface area contributed by atoms with E-state index in [4.69, 9.17) is 11.6 Å². The molecule has 2 aromatic carbocycles. The van der Waals surface area contributed by atoms with E-state index in [9.17, 15) is 13.7 Å². The van der Waals surface area contributed by atoms with Gasteiger partial charge < -0.3 is 0 Å². The molecule has 2 aromatic rings. The van der Waals surface area contributed by atoms with Crippen LogP contribution < -0.4 is 0 Å². The highest BCUT2D eigenvalue weighted by Gasteiger charge is 2.31. The molecule has 0 radical (unpaired) electrons. The van der Waals surface area contributed by atoms with Crippen molar-refractivity contribution < 1.29 is 8.42 Å². The van der Waals surface area contributed by atoms with E-state index in [0.29, 0.717) is 36.1 Å². The minimum atomic E-state index is -3.50. The van der Waals surface area contributed by atoms with E-state index in [0.717, 1.165) is 11.1 Å². The van der Waals surface area contributed by atoms with Gasteiger partial charge in [0.1, 0.15) is 6.04 Å².